The molecule has 1 aliphatic rings. The van der Waals surface area contributed by atoms with E-state index in [-0.39, 0.29) is 0 Å². The van der Waals surface area contributed by atoms with Crippen molar-refractivity contribution in [1.29, 1.82) is 0 Å². The maximum absolute atomic E-state index is 6.42. The van der Waals surface area contributed by atoms with Crippen LogP contribution in [-0.2, 0) is 0 Å². The first-order valence-corrected chi connectivity index (χ1v) is 8.47. The zero-order valence-corrected chi connectivity index (χ0v) is 14.5. The number of hydrogen-bond donors (Lipinski definition) is 1. The van der Waals surface area contributed by atoms with Gasteiger partial charge in [-0.1, -0.05) is 37.6 Å². The Hall–Kier alpha value is -0.570. The first-order valence-electron chi connectivity index (χ1n) is 8.09. The topological polar surface area (TPSA) is 29.3 Å². The van der Waals surface area contributed by atoms with E-state index in [2.05, 4.69) is 44.9 Å². The quantitative estimate of drug-likeness (QED) is 0.896. The van der Waals surface area contributed by atoms with Gasteiger partial charge >= 0.3 is 0 Å². The molecule has 0 spiro atoms. The van der Waals surface area contributed by atoms with Crippen LogP contribution in [0.5, 0.6) is 0 Å². The largest absolute Gasteiger partial charge is 0.327 e. The number of halogens is 1. The molecule has 0 radical (unpaired) electrons. The third-order valence-corrected chi connectivity index (χ3v) is 5.49. The molecule has 1 fully saturated rings. The molecule has 1 aliphatic carbocycles. The van der Waals surface area contributed by atoms with Crippen LogP contribution in [0.4, 0.5) is 0 Å². The lowest BCUT2D eigenvalue weighted by Gasteiger charge is -2.41. The minimum absolute atomic E-state index is 0.337. The van der Waals surface area contributed by atoms with Crippen molar-refractivity contribution in [2.45, 2.75) is 45.7 Å². The smallest absolute Gasteiger partial charge is 0.0406 e. The van der Waals surface area contributed by atoms with Crippen LogP contribution in [-0.4, -0.2) is 24.5 Å². The number of nitrogens with two attached hydrogens (primary N) is 1. The Balaban J connectivity index is 1.99. The molecule has 2 rings (SSSR count). The molecule has 21 heavy (non-hydrogen) atoms. The molecule has 0 aliphatic heterocycles. The summed E-state index contributed by atoms with van der Waals surface area (Å²) in [6.07, 6.45) is 2.47. The molecule has 1 saturated carbocycles. The van der Waals surface area contributed by atoms with Gasteiger partial charge in [-0.15, -0.1) is 0 Å². The van der Waals surface area contributed by atoms with E-state index in [0.717, 1.165) is 23.9 Å². The van der Waals surface area contributed by atoms with E-state index in [0.29, 0.717) is 23.9 Å². The number of hydrogen-bond acceptors (Lipinski definition) is 2. The third kappa shape index (κ3) is 4.21. The molecule has 1 aromatic carbocycles. The van der Waals surface area contributed by atoms with Gasteiger partial charge in [-0.25, -0.2) is 0 Å². The summed E-state index contributed by atoms with van der Waals surface area (Å²) in [5.74, 6) is 2.08. The molecular formula is C18H29ClN2. The molecular weight excluding hydrogens is 280 g/mol. The van der Waals surface area contributed by atoms with Crippen molar-refractivity contribution in [3.8, 4) is 0 Å². The Morgan fingerprint density at radius 3 is 2.43 bits per heavy atom. The highest BCUT2D eigenvalue weighted by Gasteiger charge is 2.33. The van der Waals surface area contributed by atoms with Crippen LogP contribution in [0, 0.1) is 17.8 Å². The van der Waals surface area contributed by atoms with E-state index >= 15 is 0 Å². The van der Waals surface area contributed by atoms with E-state index in [1.807, 2.05) is 12.1 Å². The summed E-state index contributed by atoms with van der Waals surface area (Å²) in [7, 11) is 2.21. The first-order chi connectivity index (χ1) is 9.88. The van der Waals surface area contributed by atoms with E-state index < -0.39 is 0 Å². The van der Waals surface area contributed by atoms with Gasteiger partial charge in [0, 0.05) is 23.7 Å². The lowest BCUT2D eigenvalue weighted by Crippen LogP contribution is -2.46. The van der Waals surface area contributed by atoms with Crippen molar-refractivity contribution >= 4 is 11.6 Å². The van der Waals surface area contributed by atoms with Gasteiger partial charge in [0.15, 0.2) is 0 Å². The summed E-state index contributed by atoms with van der Waals surface area (Å²) in [4.78, 5) is 2.43. The first kappa shape index (κ1) is 16.8. The van der Waals surface area contributed by atoms with Crippen LogP contribution in [0.3, 0.4) is 0 Å². The van der Waals surface area contributed by atoms with E-state index in [4.69, 9.17) is 17.3 Å². The monoisotopic (exact) mass is 308 g/mol. The zero-order chi connectivity index (χ0) is 15.6. The fourth-order valence-corrected chi connectivity index (χ4v) is 3.89. The van der Waals surface area contributed by atoms with Gasteiger partial charge in [-0.3, -0.25) is 4.90 Å². The number of nitrogens with zero attached hydrogens (tertiary/aromatic N) is 1. The van der Waals surface area contributed by atoms with Crippen molar-refractivity contribution in [2.75, 3.05) is 13.6 Å². The average Bonchev–Trinajstić information content (AvgIpc) is 2.42. The second-order valence-corrected chi connectivity index (χ2v) is 7.49. The number of rotatable bonds is 4. The average molecular weight is 309 g/mol. The summed E-state index contributed by atoms with van der Waals surface area (Å²) >= 11 is 5.97. The standard InChI is InChI=1S/C18H29ClN2/c1-12-9-13(2)17(18(20)10-12)11-21(4)14(3)15-5-7-16(19)8-6-15/h5-8,12-14,17-18H,9-11,20H2,1-4H3. The molecule has 0 saturated heterocycles. The second kappa shape index (κ2) is 7.13. The highest BCUT2D eigenvalue weighted by atomic mass is 35.5. The SMILES string of the molecule is CC1CC(C)C(CN(C)C(C)c2ccc(Cl)cc2)C(N)C1. The van der Waals surface area contributed by atoms with Crippen molar-refractivity contribution in [3.05, 3.63) is 34.9 Å². The third-order valence-electron chi connectivity index (χ3n) is 5.24. The van der Waals surface area contributed by atoms with Gasteiger partial charge in [0.25, 0.3) is 0 Å². The van der Waals surface area contributed by atoms with Crippen molar-refractivity contribution in [1.82, 2.24) is 4.90 Å². The van der Waals surface area contributed by atoms with Crippen LogP contribution in [0.15, 0.2) is 24.3 Å². The van der Waals surface area contributed by atoms with E-state index in [1.54, 1.807) is 0 Å². The Labute approximate surface area is 134 Å². The molecule has 2 N–H and O–H groups in total. The lowest BCUT2D eigenvalue weighted by molar-refractivity contribution is 0.113. The van der Waals surface area contributed by atoms with Gasteiger partial charge in [0.1, 0.15) is 0 Å². The minimum Gasteiger partial charge on any atom is -0.327 e. The Bertz CT molecular complexity index is 433. The highest BCUT2D eigenvalue weighted by Crippen LogP contribution is 2.34. The summed E-state index contributed by atoms with van der Waals surface area (Å²) in [6.45, 7) is 8.01. The van der Waals surface area contributed by atoms with Crippen molar-refractivity contribution in [3.63, 3.8) is 0 Å². The molecule has 3 heteroatoms. The molecule has 0 amide bonds. The van der Waals surface area contributed by atoms with Crippen LogP contribution >= 0.6 is 11.6 Å². The molecule has 5 atom stereocenters. The van der Waals surface area contributed by atoms with Crippen LogP contribution in [0.2, 0.25) is 5.02 Å². The Morgan fingerprint density at radius 1 is 1.24 bits per heavy atom. The van der Waals surface area contributed by atoms with Crippen LogP contribution in [0.1, 0.15) is 45.2 Å². The predicted molar refractivity (Wildman–Crippen MR) is 91.5 cm³/mol. The highest BCUT2D eigenvalue weighted by molar-refractivity contribution is 6.30. The van der Waals surface area contributed by atoms with Gasteiger partial charge in [0.05, 0.1) is 0 Å². The fraction of sp³-hybridized carbons (Fsp3) is 0.667. The summed E-state index contributed by atoms with van der Waals surface area (Å²) in [6, 6.07) is 8.91. The van der Waals surface area contributed by atoms with Gasteiger partial charge < -0.3 is 5.73 Å². The Morgan fingerprint density at radius 2 is 1.86 bits per heavy atom. The second-order valence-electron chi connectivity index (χ2n) is 7.05. The maximum atomic E-state index is 6.42. The Kier molecular flexibility index (Phi) is 5.70. The van der Waals surface area contributed by atoms with Crippen molar-refractivity contribution < 1.29 is 0 Å². The fourth-order valence-electron chi connectivity index (χ4n) is 3.77. The van der Waals surface area contributed by atoms with Gasteiger partial charge in [0.2, 0.25) is 0 Å². The maximum Gasteiger partial charge on any atom is 0.0406 e. The van der Waals surface area contributed by atoms with E-state index in [9.17, 15) is 0 Å². The predicted octanol–water partition coefficient (Wildman–Crippen LogP) is 4.34. The van der Waals surface area contributed by atoms with Crippen LogP contribution < -0.4 is 5.73 Å². The molecule has 0 bridgehead atoms. The lowest BCUT2D eigenvalue weighted by atomic mass is 9.72. The molecule has 1 aromatic rings. The molecule has 0 heterocycles. The van der Waals surface area contributed by atoms with Gasteiger partial charge in [-0.2, -0.15) is 0 Å². The normalized spacial score (nSPS) is 31.4. The van der Waals surface area contributed by atoms with Gasteiger partial charge in [-0.05, 0) is 62.3 Å². The van der Waals surface area contributed by atoms with Crippen molar-refractivity contribution in [2.24, 2.45) is 23.5 Å². The summed E-state index contributed by atoms with van der Waals surface area (Å²) in [5.41, 5.74) is 7.74. The summed E-state index contributed by atoms with van der Waals surface area (Å²) < 4.78 is 0. The molecule has 5 unspecified atom stereocenters. The molecule has 0 aromatic heterocycles. The van der Waals surface area contributed by atoms with Crippen LogP contribution in [0.25, 0.3) is 0 Å². The summed E-state index contributed by atoms with van der Waals surface area (Å²) in [5, 5.41) is 0.797. The molecule has 2 nitrogen and oxygen atoms in total. The van der Waals surface area contributed by atoms with E-state index in [1.165, 1.54) is 12.0 Å². The zero-order valence-electron chi connectivity index (χ0n) is 13.7. The molecule has 118 valence electrons. The number of benzene rings is 1. The minimum atomic E-state index is 0.337.